The summed E-state index contributed by atoms with van der Waals surface area (Å²) >= 11 is 0. The molecule has 0 saturated heterocycles. The van der Waals surface area contributed by atoms with Gasteiger partial charge in [0.2, 0.25) is 0 Å². The van der Waals surface area contributed by atoms with Crippen molar-refractivity contribution in [3.8, 4) is 0 Å². The second-order valence-electron chi connectivity index (χ2n) is 6.08. The zero-order valence-electron chi connectivity index (χ0n) is 11.1. The highest BCUT2D eigenvalue weighted by Gasteiger charge is 2.68. The summed E-state index contributed by atoms with van der Waals surface area (Å²) in [4.78, 5) is 10.8. The summed E-state index contributed by atoms with van der Waals surface area (Å²) in [6.45, 7) is 0. The predicted octanol–water partition coefficient (Wildman–Crippen LogP) is 2.53. The van der Waals surface area contributed by atoms with Gasteiger partial charge in [-0.25, -0.2) is 17.2 Å². The Labute approximate surface area is 120 Å². The van der Waals surface area contributed by atoms with E-state index in [4.69, 9.17) is 0 Å². The maximum atomic E-state index is 13.8. The zero-order chi connectivity index (χ0) is 15.5. The molecule has 3 rings (SSSR count). The summed E-state index contributed by atoms with van der Waals surface area (Å²) in [5, 5.41) is 9.40. The maximum Gasteiger partial charge on any atom is 0.325 e. The van der Waals surface area contributed by atoms with Crippen molar-refractivity contribution < 1.29 is 27.1 Å². The van der Waals surface area contributed by atoms with Gasteiger partial charge in [-0.2, -0.15) is 0 Å². The van der Waals surface area contributed by atoms with E-state index < -0.39 is 37.1 Å². The molecule has 2 aliphatic carbocycles. The molecule has 1 aromatic rings. The summed E-state index contributed by atoms with van der Waals surface area (Å²) in [5.41, 5.74) is -0.220. The average molecular weight is 316 g/mol. The van der Waals surface area contributed by atoms with Crippen LogP contribution in [-0.2, 0) is 14.6 Å². The monoisotopic (exact) mass is 316 g/mol. The fraction of sp³-hybridized carbons (Fsp3) is 0.500. The highest BCUT2D eigenvalue weighted by Crippen LogP contribution is 2.64. The third kappa shape index (κ3) is 1.83. The summed E-state index contributed by atoms with van der Waals surface area (Å²) in [7, 11) is -4.40. The third-order valence-electron chi connectivity index (χ3n) is 4.82. The lowest BCUT2D eigenvalue weighted by molar-refractivity contribution is -0.150. The predicted molar refractivity (Wildman–Crippen MR) is 69.4 cm³/mol. The lowest BCUT2D eigenvalue weighted by Gasteiger charge is -2.58. The van der Waals surface area contributed by atoms with Gasteiger partial charge in [0, 0.05) is 6.07 Å². The molecule has 2 fully saturated rings. The van der Waals surface area contributed by atoms with Crippen LogP contribution in [0.25, 0.3) is 0 Å². The molecule has 0 atom stereocenters. The average Bonchev–Trinajstić information content (AvgIpc) is 2.23. The molecule has 0 aliphatic heterocycles. The number of carboxylic acids is 1. The van der Waals surface area contributed by atoms with Crippen molar-refractivity contribution in [2.24, 2.45) is 5.41 Å². The summed E-state index contributed by atoms with van der Waals surface area (Å²) in [6, 6.07) is 2.08. The SMILES string of the molecule is O=C(O)C1(S(=O)(=O)c2ccc(F)cc2F)CC2(CCC2)C1. The van der Waals surface area contributed by atoms with Crippen LogP contribution in [0.5, 0.6) is 0 Å². The smallest absolute Gasteiger partial charge is 0.325 e. The van der Waals surface area contributed by atoms with Crippen molar-refractivity contribution in [2.75, 3.05) is 0 Å². The van der Waals surface area contributed by atoms with Crippen molar-refractivity contribution in [3.63, 3.8) is 0 Å². The van der Waals surface area contributed by atoms with Crippen LogP contribution in [0.3, 0.4) is 0 Å². The van der Waals surface area contributed by atoms with Crippen molar-refractivity contribution in [1.29, 1.82) is 0 Å². The molecule has 0 amide bonds. The van der Waals surface area contributed by atoms with Crippen LogP contribution in [0.4, 0.5) is 8.78 Å². The van der Waals surface area contributed by atoms with Crippen LogP contribution in [0.2, 0.25) is 0 Å². The van der Waals surface area contributed by atoms with E-state index in [2.05, 4.69) is 0 Å². The van der Waals surface area contributed by atoms with Crippen LogP contribution >= 0.6 is 0 Å². The van der Waals surface area contributed by atoms with Gasteiger partial charge in [-0.1, -0.05) is 6.42 Å². The Morgan fingerprint density at radius 1 is 1.19 bits per heavy atom. The zero-order valence-corrected chi connectivity index (χ0v) is 11.9. The molecule has 0 heterocycles. The molecule has 2 aliphatic rings. The number of benzene rings is 1. The van der Waals surface area contributed by atoms with Gasteiger partial charge in [0.15, 0.2) is 14.6 Å². The first-order chi connectivity index (χ1) is 9.72. The normalized spacial score (nSPS) is 22.4. The summed E-state index contributed by atoms with van der Waals surface area (Å²) in [6.07, 6.45) is 2.59. The Morgan fingerprint density at radius 3 is 2.24 bits per heavy atom. The van der Waals surface area contributed by atoms with Gasteiger partial charge in [0.1, 0.15) is 16.5 Å². The number of hydrogen-bond acceptors (Lipinski definition) is 3. The van der Waals surface area contributed by atoms with Gasteiger partial charge >= 0.3 is 5.97 Å². The van der Waals surface area contributed by atoms with Crippen LogP contribution in [0, 0.1) is 17.0 Å². The lowest BCUT2D eigenvalue weighted by Crippen LogP contribution is -2.63. The molecular weight excluding hydrogens is 302 g/mol. The Bertz CT molecular complexity index is 714. The number of rotatable bonds is 3. The lowest BCUT2D eigenvalue weighted by atomic mass is 9.51. The van der Waals surface area contributed by atoms with E-state index in [1.54, 1.807) is 0 Å². The van der Waals surface area contributed by atoms with Crippen molar-refractivity contribution in [1.82, 2.24) is 0 Å². The van der Waals surface area contributed by atoms with Gasteiger partial charge in [0.25, 0.3) is 0 Å². The second-order valence-corrected chi connectivity index (χ2v) is 8.31. The number of carbonyl (C=O) groups is 1. The topological polar surface area (TPSA) is 71.4 Å². The molecule has 1 N–H and O–H groups in total. The highest BCUT2D eigenvalue weighted by atomic mass is 32.2. The number of halogens is 2. The van der Waals surface area contributed by atoms with Gasteiger partial charge in [-0.05, 0) is 43.2 Å². The minimum absolute atomic E-state index is 0.00842. The fourth-order valence-corrected chi connectivity index (χ4v) is 5.76. The van der Waals surface area contributed by atoms with E-state index in [1.807, 2.05) is 0 Å². The summed E-state index contributed by atoms with van der Waals surface area (Å²) < 4.78 is 49.9. The molecule has 1 aromatic carbocycles. The number of sulfone groups is 1. The molecule has 21 heavy (non-hydrogen) atoms. The first-order valence-electron chi connectivity index (χ1n) is 6.66. The van der Waals surface area contributed by atoms with Crippen molar-refractivity contribution in [3.05, 3.63) is 29.8 Å². The van der Waals surface area contributed by atoms with Gasteiger partial charge in [-0.15, -0.1) is 0 Å². The van der Waals surface area contributed by atoms with E-state index in [9.17, 15) is 27.1 Å². The van der Waals surface area contributed by atoms with Gasteiger partial charge in [0.05, 0.1) is 0 Å². The molecule has 4 nitrogen and oxygen atoms in total. The van der Waals surface area contributed by atoms with Gasteiger partial charge in [-0.3, -0.25) is 4.79 Å². The second kappa shape index (κ2) is 4.25. The van der Waals surface area contributed by atoms with E-state index in [0.29, 0.717) is 6.07 Å². The highest BCUT2D eigenvalue weighted by molar-refractivity contribution is 7.93. The Morgan fingerprint density at radius 2 is 1.81 bits per heavy atom. The largest absolute Gasteiger partial charge is 0.480 e. The standard InChI is InChI=1S/C14H14F2O4S/c15-9-2-3-11(10(16)6-9)21(19,20)14(12(17)18)7-13(8-14)4-1-5-13/h2-3,6H,1,4-5,7-8H2,(H,17,18). The molecule has 0 radical (unpaired) electrons. The van der Waals surface area contributed by atoms with Gasteiger partial charge < -0.3 is 5.11 Å². The molecule has 0 unspecified atom stereocenters. The molecule has 0 bridgehead atoms. The molecule has 2 saturated carbocycles. The summed E-state index contributed by atoms with van der Waals surface area (Å²) in [5.74, 6) is -3.60. The van der Waals surface area contributed by atoms with Crippen LogP contribution in [0.1, 0.15) is 32.1 Å². The van der Waals surface area contributed by atoms with Crippen LogP contribution in [-0.4, -0.2) is 24.2 Å². The first kappa shape index (κ1) is 14.4. The van der Waals surface area contributed by atoms with Crippen molar-refractivity contribution in [2.45, 2.75) is 41.7 Å². The van der Waals surface area contributed by atoms with Crippen LogP contribution < -0.4 is 0 Å². The van der Waals surface area contributed by atoms with E-state index in [1.165, 1.54) is 0 Å². The molecule has 114 valence electrons. The minimum atomic E-state index is -4.40. The van der Waals surface area contributed by atoms with Crippen LogP contribution in [0.15, 0.2) is 23.1 Å². The number of carboxylic acid groups (broad SMARTS) is 1. The Hall–Kier alpha value is -1.50. The van der Waals surface area contributed by atoms with E-state index in [-0.39, 0.29) is 18.3 Å². The molecular formula is C14H14F2O4S. The first-order valence-corrected chi connectivity index (χ1v) is 8.14. The van der Waals surface area contributed by atoms with E-state index >= 15 is 0 Å². The third-order valence-corrected chi connectivity index (χ3v) is 7.23. The Kier molecular flexibility index (Phi) is 2.92. The van der Waals surface area contributed by atoms with Crippen molar-refractivity contribution >= 4 is 15.8 Å². The molecule has 1 spiro atoms. The quantitative estimate of drug-likeness (QED) is 0.870. The molecule has 0 aromatic heterocycles. The number of hydrogen-bond donors (Lipinski definition) is 1. The minimum Gasteiger partial charge on any atom is -0.480 e. The fourth-order valence-electron chi connectivity index (χ4n) is 3.55. The Balaban J connectivity index is 2.05. The molecule has 7 heteroatoms. The maximum absolute atomic E-state index is 13.8. The number of aliphatic carboxylic acids is 1. The van der Waals surface area contributed by atoms with E-state index in [0.717, 1.165) is 31.4 Å².